The Morgan fingerprint density at radius 1 is 0.980 bits per heavy atom. The highest BCUT2D eigenvalue weighted by Gasteiger charge is 2.58. The fourth-order valence-electron chi connectivity index (χ4n) is 5.25. The first-order valence-electron chi connectivity index (χ1n) is 17.1. The van der Waals surface area contributed by atoms with Gasteiger partial charge in [0.1, 0.15) is 6.61 Å². The van der Waals surface area contributed by atoms with Crippen molar-refractivity contribution in [1.82, 2.24) is 4.90 Å². The second-order valence-corrected chi connectivity index (χ2v) is 23.9. The van der Waals surface area contributed by atoms with Crippen molar-refractivity contribution >= 4 is 67.1 Å². The van der Waals surface area contributed by atoms with Crippen LogP contribution in [0.4, 0.5) is 5.69 Å². The van der Waals surface area contributed by atoms with Gasteiger partial charge >= 0.3 is 5.97 Å². The molecule has 12 nitrogen and oxygen atoms in total. The first kappa shape index (κ1) is 43.0. The van der Waals surface area contributed by atoms with E-state index in [1.807, 2.05) is 24.4 Å². The molecule has 1 fully saturated rings. The average Bonchev–Trinajstić information content (AvgIpc) is 3.49. The molecule has 2 aromatic rings. The predicted molar refractivity (Wildman–Crippen MR) is 205 cm³/mol. The molecule has 0 N–H and O–H groups in total. The summed E-state index contributed by atoms with van der Waals surface area (Å²) in [5.41, 5.74) is 0.141. The number of ether oxygens (including phenoxy) is 1. The van der Waals surface area contributed by atoms with Gasteiger partial charge in [-0.25, -0.2) is 4.79 Å². The Bertz CT molecular complexity index is 1560. The molecular weight excluding hydrogens is 732 g/mol. The van der Waals surface area contributed by atoms with E-state index >= 15 is 0 Å². The molecule has 1 aromatic carbocycles. The van der Waals surface area contributed by atoms with Crippen LogP contribution in [0.15, 0.2) is 46.0 Å². The molecule has 16 heteroatoms. The van der Waals surface area contributed by atoms with Crippen LogP contribution in [0.25, 0.3) is 0 Å². The summed E-state index contributed by atoms with van der Waals surface area (Å²) in [6.07, 6.45) is -2.18. The molecule has 1 saturated heterocycles. The summed E-state index contributed by atoms with van der Waals surface area (Å²) < 4.78 is 32.7. The number of carbonyl (C=O) groups excluding carboxylic acids is 3. The van der Waals surface area contributed by atoms with Gasteiger partial charge in [0.15, 0.2) is 13.4 Å². The van der Waals surface area contributed by atoms with Gasteiger partial charge in [0.05, 0.1) is 45.5 Å². The predicted octanol–water partition coefficient (Wildman–Crippen LogP) is 8.81. The third-order valence-electron chi connectivity index (χ3n) is 8.38. The standard InChI is InChI=1S/C35H53N2O10PS2Si/c1-22(2)44-48(45-23(3)4,46-24(5)6)33(34(40)43-21-26-15-17-27(18-16-26)37(41)42)36-28(20-29(38)50-30-14-13-19-49-30)31(32(36)39)25(7)47-51(11,12)35(8,9)10/h13-19,22-25,28,31H,20-21H2,1-12H3. The molecule has 1 aliphatic rings. The average molecular weight is 785 g/mol. The Kier molecular flexibility index (Phi) is 14.9. The number of hydrogen-bond acceptors (Lipinski definition) is 12. The van der Waals surface area contributed by atoms with Crippen molar-refractivity contribution in [3.63, 3.8) is 0 Å². The summed E-state index contributed by atoms with van der Waals surface area (Å²) in [5.74, 6) is -2.11. The zero-order valence-corrected chi connectivity index (χ0v) is 35.2. The van der Waals surface area contributed by atoms with Crippen molar-refractivity contribution in [2.45, 2.75) is 135 Å². The van der Waals surface area contributed by atoms with E-state index in [2.05, 4.69) is 33.9 Å². The fourth-order valence-corrected chi connectivity index (χ4v) is 11.3. The smallest absolute Gasteiger partial charge is 0.362 e. The molecule has 3 unspecified atom stereocenters. The quantitative estimate of drug-likeness (QED) is 0.0289. The van der Waals surface area contributed by atoms with Crippen LogP contribution in [-0.4, -0.2) is 71.0 Å². The van der Waals surface area contributed by atoms with Gasteiger partial charge in [-0.2, -0.15) is 0 Å². The molecule has 1 aromatic heterocycles. The van der Waals surface area contributed by atoms with Crippen LogP contribution in [0.5, 0.6) is 0 Å². The molecule has 0 bridgehead atoms. The summed E-state index contributed by atoms with van der Waals surface area (Å²) in [4.78, 5) is 54.7. The van der Waals surface area contributed by atoms with Crippen LogP contribution in [-0.2, 0) is 43.7 Å². The van der Waals surface area contributed by atoms with E-state index < -0.39 is 69.1 Å². The van der Waals surface area contributed by atoms with Gasteiger partial charge in [-0.05, 0) is 108 Å². The number of thiophene rings is 1. The van der Waals surface area contributed by atoms with Crippen molar-refractivity contribution in [2.75, 3.05) is 0 Å². The molecule has 0 saturated carbocycles. The lowest BCUT2D eigenvalue weighted by Gasteiger charge is -2.52. The van der Waals surface area contributed by atoms with Crippen LogP contribution in [0.3, 0.4) is 0 Å². The number of hydrogen-bond donors (Lipinski definition) is 0. The second kappa shape index (κ2) is 17.6. The van der Waals surface area contributed by atoms with E-state index in [4.69, 9.17) is 22.7 Å². The number of benzene rings is 1. The SMILES string of the molecule is CC(C)OP(OC(C)C)(OC(C)C)=C(C(=O)OCc1ccc([N+](=O)[O-])cc1)N1C(=O)C(C(C)O[Si](C)(C)C(C)(C)C)C1CC(=O)Sc1cccs1. The Labute approximate surface area is 311 Å². The number of amides is 1. The number of carbonyl (C=O) groups is 3. The lowest BCUT2D eigenvalue weighted by molar-refractivity contribution is -0.384. The number of β-lactam (4-membered cyclic amide) rings is 1. The molecule has 284 valence electrons. The van der Waals surface area contributed by atoms with Gasteiger partial charge in [-0.1, -0.05) is 26.8 Å². The zero-order chi connectivity index (χ0) is 38.5. The maximum Gasteiger partial charge on any atom is 0.362 e. The highest BCUT2D eigenvalue weighted by Crippen LogP contribution is 2.58. The summed E-state index contributed by atoms with van der Waals surface area (Å²) >= 11 is 2.52. The van der Waals surface area contributed by atoms with E-state index in [9.17, 15) is 24.5 Å². The van der Waals surface area contributed by atoms with Crippen LogP contribution < -0.4 is 0 Å². The van der Waals surface area contributed by atoms with Gasteiger partial charge in [-0.15, -0.1) is 11.3 Å². The summed E-state index contributed by atoms with van der Waals surface area (Å²) in [5, 5.41) is 12.7. The first-order chi connectivity index (χ1) is 23.6. The Hall–Kier alpha value is -2.36. The van der Waals surface area contributed by atoms with Gasteiger partial charge < -0.3 is 22.7 Å². The highest BCUT2D eigenvalue weighted by molar-refractivity contribution is 8.15. The maximum atomic E-state index is 14.6. The molecule has 51 heavy (non-hydrogen) atoms. The lowest BCUT2D eigenvalue weighted by atomic mass is 9.81. The first-order valence-corrected chi connectivity index (χ1v) is 23.2. The van der Waals surface area contributed by atoms with Crippen molar-refractivity contribution in [2.24, 2.45) is 5.92 Å². The Morgan fingerprint density at radius 3 is 1.98 bits per heavy atom. The van der Waals surface area contributed by atoms with Crippen LogP contribution in [0.2, 0.25) is 18.1 Å². The number of thioether (sulfide) groups is 1. The zero-order valence-electron chi connectivity index (χ0n) is 31.7. The highest BCUT2D eigenvalue weighted by atomic mass is 32.2. The van der Waals surface area contributed by atoms with Crippen molar-refractivity contribution in [1.29, 1.82) is 0 Å². The van der Waals surface area contributed by atoms with Gasteiger partial charge in [0, 0.05) is 18.6 Å². The maximum absolute atomic E-state index is 14.6. The van der Waals surface area contributed by atoms with E-state index in [-0.39, 0.29) is 34.3 Å². The minimum atomic E-state index is -3.88. The van der Waals surface area contributed by atoms with E-state index in [0.29, 0.717) is 5.56 Å². The summed E-state index contributed by atoms with van der Waals surface area (Å²) in [6, 6.07) is 8.51. The molecule has 1 aliphatic heterocycles. The molecule has 3 rings (SSSR count). The minimum Gasteiger partial charge on any atom is -0.456 e. The van der Waals surface area contributed by atoms with Crippen LogP contribution >= 0.6 is 30.7 Å². The van der Waals surface area contributed by atoms with E-state index in [1.54, 1.807) is 41.5 Å². The minimum absolute atomic E-state index is 0.0889. The Morgan fingerprint density at radius 2 is 1.53 bits per heavy atom. The fraction of sp³-hybridized carbons (Fsp3) is 0.600. The molecular formula is C35H53N2O10PS2Si. The molecule has 0 aliphatic carbocycles. The monoisotopic (exact) mass is 784 g/mol. The second-order valence-electron chi connectivity index (χ2n) is 14.8. The largest absolute Gasteiger partial charge is 0.456 e. The number of nitro benzene ring substituents is 1. The Balaban J connectivity index is 2.21. The normalized spacial score (nSPS) is 17.5. The topological polar surface area (TPSA) is 144 Å². The molecule has 3 atom stereocenters. The molecule has 1 amide bonds. The lowest BCUT2D eigenvalue weighted by Crippen LogP contribution is -2.69. The van der Waals surface area contributed by atoms with Crippen molar-refractivity contribution < 1.29 is 42.0 Å². The number of esters is 1. The number of likely N-dealkylation sites (tertiary alicyclic amines) is 1. The van der Waals surface area contributed by atoms with E-state index in [0.717, 1.165) is 16.0 Å². The van der Waals surface area contributed by atoms with Gasteiger partial charge in [0.2, 0.25) is 11.3 Å². The van der Waals surface area contributed by atoms with Crippen LogP contribution in [0, 0.1) is 16.0 Å². The summed E-state index contributed by atoms with van der Waals surface area (Å²) in [6.45, 7) is 22.8. The van der Waals surface area contributed by atoms with Gasteiger partial charge in [-0.3, -0.25) is 24.6 Å². The number of non-ortho nitro benzene ring substituents is 1. The number of nitrogens with zero attached hydrogens (tertiary/aromatic N) is 2. The molecule has 0 radical (unpaired) electrons. The number of rotatable bonds is 17. The third kappa shape index (κ3) is 11.1. The van der Waals surface area contributed by atoms with E-state index in [1.165, 1.54) is 40.5 Å². The molecule has 2 heterocycles. The van der Waals surface area contributed by atoms with Crippen molar-refractivity contribution in [3.05, 3.63) is 57.5 Å². The third-order valence-corrected chi connectivity index (χ3v) is 17.9. The van der Waals surface area contributed by atoms with Crippen LogP contribution in [0.1, 0.15) is 81.2 Å². The summed E-state index contributed by atoms with van der Waals surface area (Å²) in [7, 11) is -6.25. The van der Waals surface area contributed by atoms with Gasteiger partial charge in [0.25, 0.3) is 13.3 Å². The van der Waals surface area contributed by atoms with Crippen molar-refractivity contribution in [3.8, 4) is 0 Å². The number of nitro groups is 1. The molecule has 0 spiro atoms.